The number of amides is 1. The molecule has 1 fully saturated rings. The number of carbonyl (C=O) groups is 1. The average Bonchev–Trinajstić information content (AvgIpc) is 3.21. The van der Waals surface area contributed by atoms with Crippen LogP contribution in [0.4, 0.5) is 5.69 Å². The van der Waals surface area contributed by atoms with Gasteiger partial charge in [-0.1, -0.05) is 0 Å². The number of aryl methyl sites for hydroxylation is 1. The minimum Gasteiger partial charge on any atom is -0.393 e. The zero-order chi connectivity index (χ0) is 18.1. The number of aliphatic hydroxyl groups excluding tert-OH is 1. The summed E-state index contributed by atoms with van der Waals surface area (Å²) in [6.45, 7) is 2.86. The molecule has 0 saturated carbocycles. The van der Waals surface area contributed by atoms with E-state index in [4.69, 9.17) is 0 Å². The second kappa shape index (κ2) is 6.64. The van der Waals surface area contributed by atoms with Gasteiger partial charge in [-0.05, 0) is 25.5 Å². The van der Waals surface area contributed by atoms with Crippen LogP contribution in [-0.2, 0) is 7.05 Å². The third kappa shape index (κ3) is 3.39. The van der Waals surface area contributed by atoms with Crippen molar-refractivity contribution in [2.75, 3.05) is 13.1 Å². The van der Waals surface area contributed by atoms with Crippen LogP contribution in [0.25, 0.3) is 11.3 Å². The fraction of sp³-hybridized carbons (Fsp3) is 0.412. The highest BCUT2D eigenvalue weighted by Crippen LogP contribution is 2.28. The molecule has 0 radical (unpaired) electrons. The molecule has 2 aromatic rings. The van der Waals surface area contributed by atoms with Crippen LogP contribution in [0.5, 0.6) is 0 Å². The summed E-state index contributed by atoms with van der Waals surface area (Å²) in [5.41, 5.74) is 1.61. The molecule has 1 aliphatic rings. The van der Waals surface area contributed by atoms with E-state index < -0.39 is 11.0 Å². The third-order valence-corrected chi connectivity index (χ3v) is 4.60. The number of nitro groups is 1. The zero-order valence-electron chi connectivity index (χ0n) is 14.1. The smallest absolute Gasteiger partial charge is 0.269 e. The van der Waals surface area contributed by atoms with E-state index in [0.717, 1.165) is 6.42 Å². The van der Waals surface area contributed by atoms with Gasteiger partial charge in [0.2, 0.25) is 0 Å². The van der Waals surface area contributed by atoms with Gasteiger partial charge in [0, 0.05) is 49.9 Å². The van der Waals surface area contributed by atoms with Gasteiger partial charge in [-0.25, -0.2) is 0 Å². The fourth-order valence-corrected chi connectivity index (χ4v) is 3.14. The second-order valence-corrected chi connectivity index (χ2v) is 6.41. The summed E-state index contributed by atoms with van der Waals surface area (Å²) in [4.78, 5) is 24.9. The number of hydrogen-bond acceptors (Lipinski definition) is 5. The third-order valence-electron chi connectivity index (χ3n) is 4.60. The number of nitrogens with zero attached hydrogens (tertiary/aromatic N) is 4. The molecule has 0 bridgehead atoms. The Morgan fingerprint density at radius 1 is 1.40 bits per heavy atom. The van der Waals surface area contributed by atoms with Crippen molar-refractivity contribution in [3.63, 3.8) is 0 Å². The quantitative estimate of drug-likeness (QED) is 0.673. The van der Waals surface area contributed by atoms with Crippen molar-refractivity contribution in [1.29, 1.82) is 0 Å². The highest BCUT2D eigenvalue weighted by atomic mass is 16.6. The van der Waals surface area contributed by atoms with Crippen LogP contribution < -0.4 is 0 Å². The van der Waals surface area contributed by atoms with E-state index in [1.807, 2.05) is 0 Å². The molecule has 1 saturated heterocycles. The van der Waals surface area contributed by atoms with Gasteiger partial charge in [0.05, 0.1) is 16.6 Å². The number of benzene rings is 1. The summed E-state index contributed by atoms with van der Waals surface area (Å²) < 4.78 is 1.56. The van der Waals surface area contributed by atoms with Gasteiger partial charge in [-0.15, -0.1) is 0 Å². The molecule has 25 heavy (non-hydrogen) atoms. The number of aliphatic hydroxyl groups is 1. The van der Waals surface area contributed by atoms with E-state index in [0.29, 0.717) is 29.9 Å². The molecule has 2 unspecified atom stereocenters. The molecular formula is C17H20N4O4. The van der Waals surface area contributed by atoms with Crippen LogP contribution in [0.15, 0.2) is 30.5 Å². The highest BCUT2D eigenvalue weighted by molar-refractivity contribution is 6.00. The van der Waals surface area contributed by atoms with E-state index in [-0.39, 0.29) is 17.5 Å². The van der Waals surface area contributed by atoms with Crippen molar-refractivity contribution in [2.45, 2.75) is 19.4 Å². The summed E-state index contributed by atoms with van der Waals surface area (Å²) >= 11 is 0. The largest absolute Gasteiger partial charge is 0.393 e. The van der Waals surface area contributed by atoms with E-state index in [1.54, 1.807) is 41.9 Å². The maximum atomic E-state index is 12.9. The lowest BCUT2D eigenvalue weighted by Crippen LogP contribution is -2.30. The van der Waals surface area contributed by atoms with Gasteiger partial charge in [-0.3, -0.25) is 19.6 Å². The van der Waals surface area contributed by atoms with Gasteiger partial charge in [0.1, 0.15) is 5.69 Å². The molecule has 0 spiro atoms. The highest BCUT2D eigenvalue weighted by Gasteiger charge is 2.31. The first-order valence-electron chi connectivity index (χ1n) is 8.12. The summed E-state index contributed by atoms with van der Waals surface area (Å²) in [5.74, 6) is -0.0481. The minimum absolute atomic E-state index is 0.00752. The number of nitro benzene ring substituents is 1. The lowest BCUT2D eigenvalue weighted by Gasteiger charge is -2.17. The standard InChI is InChI=1S/C17H20N4O4/c1-11(22)13-7-8-20(9-13)17(23)15-10-19(2)18-16(15)12-3-5-14(6-4-12)21(24)25/h3-6,10-11,13,22H,7-9H2,1-2H3. The molecule has 1 aliphatic heterocycles. The summed E-state index contributed by atoms with van der Waals surface area (Å²) in [5, 5.41) is 24.9. The Kier molecular flexibility index (Phi) is 4.54. The minimum atomic E-state index is -0.464. The van der Waals surface area contributed by atoms with Gasteiger partial charge < -0.3 is 10.0 Å². The van der Waals surface area contributed by atoms with Crippen molar-refractivity contribution in [1.82, 2.24) is 14.7 Å². The fourth-order valence-electron chi connectivity index (χ4n) is 3.14. The SMILES string of the molecule is CC(O)C1CCN(C(=O)c2cn(C)nc2-c2ccc([N+](=O)[O-])cc2)C1. The topological polar surface area (TPSA) is 102 Å². The van der Waals surface area contributed by atoms with Crippen molar-refractivity contribution in [3.8, 4) is 11.3 Å². The number of non-ortho nitro benzene ring substituents is 1. The first-order valence-corrected chi connectivity index (χ1v) is 8.12. The molecule has 8 nitrogen and oxygen atoms in total. The first kappa shape index (κ1) is 17.1. The van der Waals surface area contributed by atoms with Crippen molar-refractivity contribution >= 4 is 11.6 Å². The molecule has 1 aromatic carbocycles. The van der Waals surface area contributed by atoms with Crippen LogP contribution in [0.3, 0.4) is 0 Å². The number of aromatic nitrogens is 2. The normalized spacial score (nSPS) is 18.4. The Bertz CT molecular complexity index is 797. The molecule has 8 heteroatoms. The molecule has 1 amide bonds. The van der Waals surface area contributed by atoms with Gasteiger partial charge in [-0.2, -0.15) is 5.10 Å². The van der Waals surface area contributed by atoms with Crippen LogP contribution in [0, 0.1) is 16.0 Å². The van der Waals surface area contributed by atoms with Crippen LogP contribution in [0.2, 0.25) is 0 Å². The second-order valence-electron chi connectivity index (χ2n) is 6.41. The maximum Gasteiger partial charge on any atom is 0.269 e. The zero-order valence-corrected chi connectivity index (χ0v) is 14.1. The van der Waals surface area contributed by atoms with Crippen LogP contribution in [0.1, 0.15) is 23.7 Å². The Balaban J connectivity index is 1.88. The lowest BCUT2D eigenvalue weighted by molar-refractivity contribution is -0.384. The Hall–Kier alpha value is -2.74. The van der Waals surface area contributed by atoms with Gasteiger partial charge in [0.25, 0.3) is 11.6 Å². The Labute approximate surface area is 144 Å². The molecule has 3 rings (SSSR count). The molecule has 132 valence electrons. The molecule has 1 aromatic heterocycles. The lowest BCUT2D eigenvalue weighted by atomic mass is 10.0. The van der Waals surface area contributed by atoms with E-state index in [9.17, 15) is 20.0 Å². The maximum absolute atomic E-state index is 12.9. The summed E-state index contributed by atoms with van der Waals surface area (Å²) in [7, 11) is 1.73. The van der Waals surface area contributed by atoms with E-state index in [1.165, 1.54) is 12.1 Å². The number of rotatable bonds is 4. The summed E-state index contributed by atoms with van der Waals surface area (Å²) in [6, 6.07) is 5.99. The molecule has 2 atom stereocenters. The Morgan fingerprint density at radius 2 is 2.08 bits per heavy atom. The number of likely N-dealkylation sites (tertiary alicyclic amines) is 1. The van der Waals surface area contributed by atoms with Gasteiger partial charge in [0.15, 0.2) is 0 Å². The van der Waals surface area contributed by atoms with Crippen molar-refractivity contribution in [3.05, 3.63) is 46.1 Å². The number of carbonyl (C=O) groups excluding carboxylic acids is 1. The van der Waals surface area contributed by atoms with Gasteiger partial charge >= 0.3 is 0 Å². The monoisotopic (exact) mass is 344 g/mol. The molecular weight excluding hydrogens is 324 g/mol. The van der Waals surface area contributed by atoms with Crippen LogP contribution >= 0.6 is 0 Å². The van der Waals surface area contributed by atoms with E-state index >= 15 is 0 Å². The predicted octanol–water partition coefficient (Wildman–Crippen LogP) is 1.84. The van der Waals surface area contributed by atoms with Crippen molar-refractivity contribution in [2.24, 2.45) is 13.0 Å². The predicted molar refractivity (Wildman–Crippen MR) is 91.0 cm³/mol. The van der Waals surface area contributed by atoms with Crippen molar-refractivity contribution < 1.29 is 14.8 Å². The first-order chi connectivity index (χ1) is 11.9. The molecule has 2 heterocycles. The molecule has 1 N–H and O–H groups in total. The average molecular weight is 344 g/mol. The Morgan fingerprint density at radius 3 is 2.64 bits per heavy atom. The molecule has 0 aliphatic carbocycles. The van der Waals surface area contributed by atoms with E-state index in [2.05, 4.69) is 5.10 Å². The van der Waals surface area contributed by atoms with Crippen LogP contribution in [-0.4, -0.2) is 49.8 Å². The number of hydrogen-bond donors (Lipinski definition) is 1. The summed E-state index contributed by atoms with van der Waals surface area (Å²) in [6.07, 6.45) is 1.99.